The molecule has 0 aromatic heterocycles. The largest absolute Gasteiger partial charge is 0.359 e. The van der Waals surface area contributed by atoms with Crippen molar-refractivity contribution in [2.45, 2.75) is 26.7 Å². The molecular weight excluding hydrogens is 290 g/mol. The first-order chi connectivity index (χ1) is 11.1. The smallest absolute Gasteiger partial charge is 0.241 e. The molecule has 2 amide bonds. The Balaban J connectivity index is 1.94. The summed E-state index contributed by atoms with van der Waals surface area (Å²) in [5, 5.41) is 2.71. The molecule has 0 bridgehead atoms. The van der Waals surface area contributed by atoms with Crippen LogP contribution >= 0.6 is 0 Å². The molecule has 5 heteroatoms. The fraction of sp³-hybridized carbons (Fsp3) is 0.556. The van der Waals surface area contributed by atoms with Crippen LogP contribution in [0.4, 0.5) is 5.69 Å². The highest BCUT2D eigenvalue weighted by atomic mass is 16.2. The van der Waals surface area contributed by atoms with Gasteiger partial charge in [-0.15, -0.1) is 0 Å². The fourth-order valence-corrected chi connectivity index (χ4v) is 3.18. The first-order valence-electron chi connectivity index (χ1n) is 8.36. The highest BCUT2D eigenvalue weighted by Crippen LogP contribution is 2.21. The Bertz CT molecular complexity index is 551. The van der Waals surface area contributed by atoms with Crippen LogP contribution in [0.25, 0.3) is 0 Å². The highest BCUT2D eigenvalue weighted by Gasteiger charge is 2.26. The summed E-state index contributed by atoms with van der Waals surface area (Å²) in [5.41, 5.74) is 2.10. The molecule has 1 aromatic carbocycles. The van der Waals surface area contributed by atoms with E-state index in [2.05, 4.69) is 10.2 Å². The SMILES string of the molecule is CCN(C(=O)CN1CCC(C(=O)NC)CC1)c1ccccc1C. The number of nitrogens with zero attached hydrogens (tertiary/aromatic N) is 2. The van der Waals surface area contributed by atoms with Crippen LogP contribution in [-0.2, 0) is 9.59 Å². The van der Waals surface area contributed by atoms with E-state index in [1.807, 2.05) is 43.0 Å². The maximum atomic E-state index is 12.7. The number of likely N-dealkylation sites (tertiary alicyclic amines) is 1. The standard InChI is InChI=1S/C18H27N3O2/c1-4-21(16-8-6-5-7-14(16)2)17(22)13-20-11-9-15(10-12-20)18(23)19-3/h5-8,15H,4,9-13H2,1-3H3,(H,19,23). The average molecular weight is 317 g/mol. The van der Waals surface area contributed by atoms with E-state index in [0.29, 0.717) is 13.1 Å². The minimum Gasteiger partial charge on any atom is -0.359 e. The van der Waals surface area contributed by atoms with Crippen molar-refractivity contribution < 1.29 is 9.59 Å². The Kier molecular flexibility index (Phi) is 6.16. The second-order valence-corrected chi connectivity index (χ2v) is 6.09. The van der Waals surface area contributed by atoms with Crippen molar-refractivity contribution in [3.63, 3.8) is 0 Å². The highest BCUT2D eigenvalue weighted by molar-refractivity contribution is 5.95. The molecule has 1 aliphatic heterocycles. The molecule has 1 fully saturated rings. The van der Waals surface area contributed by atoms with Crippen LogP contribution in [-0.4, -0.2) is 49.9 Å². The molecule has 0 unspecified atom stereocenters. The van der Waals surface area contributed by atoms with Crippen LogP contribution in [0.1, 0.15) is 25.3 Å². The van der Waals surface area contributed by atoms with E-state index >= 15 is 0 Å². The van der Waals surface area contributed by atoms with Gasteiger partial charge in [0.15, 0.2) is 0 Å². The number of hydrogen-bond donors (Lipinski definition) is 1. The summed E-state index contributed by atoms with van der Waals surface area (Å²) in [6, 6.07) is 7.97. The Morgan fingerprint density at radius 2 is 1.91 bits per heavy atom. The van der Waals surface area contributed by atoms with E-state index < -0.39 is 0 Å². The van der Waals surface area contributed by atoms with Crippen LogP contribution in [0.3, 0.4) is 0 Å². The molecule has 0 aliphatic carbocycles. The first kappa shape index (κ1) is 17.5. The summed E-state index contributed by atoms with van der Waals surface area (Å²) >= 11 is 0. The Morgan fingerprint density at radius 3 is 2.48 bits per heavy atom. The van der Waals surface area contributed by atoms with Gasteiger partial charge in [0, 0.05) is 25.2 Å². The predicted molar refractivity (Wildman–Crippen MR) is 92.4 cm³/mol. The molecular formula is C18H27N3O2. The molecule has 1 saturated heterocycles. The predicted octanol–water partition coefficient (Wildman–Crippen LogP) is 1.81. The summed E-state index contributed by atoms with van der Waals surface area (Å²) in [7, 11) is 1.68. The number of anilines is 1. The van der Waals surface area contributed by atoms with E-state index in [-0.39, 0.29) is 17.7 Å². The van der Waals surface area contributed by atoms with Crippen LogP contribution in [0.2, 0.25) is 0 Å². The monoisotopic (exact) mass is 317 g/mol. The number of aryl methyl sites for hydroxylation is 1. The summed E-state index contributed by atoms with van der Waals surface area (Å²) < 4.78 is 0. The van der Waals surface area contributed by atoms with E-state index in [1.165, 1.54) is 0 Å². The normalized spacial score (nSPS) is 16.1. The third kappa shape index (κ3) is 4.32. The van der Waals surface area contributed by atoms with Gasteiger partial charge in [0.05, 0.1) is 6.54 Å². The third-order valence-corrected chi connectivity index (χ3v) is 4.59. The quantitative estimate of drug-likeness (QED) is 0.901. The number of benzene rings is 1. The maximum Gasteiger partial charge on any atom is 0.241 e. The van der Waals surface area contributed by atoms with Crippen LogP contribution in [0.5, 0.6) is 0 Å². The Hall–Kier alpha value is -1.88. The van der Waals surface area contributed by atoms with Crippen molar-refractivity contribution >= 4 is 17.5 Å². The van der Waals surface area contributed by atoms with Crippen molar-refractivity contribution in [3.8, 4) is 0 Å². The van der Waals surface area contributed by atoms with Gasteiger partial charge in [0.2, 0.25) is 11.8 Å². The number of carbonyl (C=O) groups excluding carboxylic acids is 2. The van der Waals surface area contributed by atoms with Gasteiger partial charge in [-0.3, -0.25) is 14.5 Å². The number of amides is 2. The van der Waals surface area contributed by atoms with Gasteiger partial charge in [-0.2, -0.15) is 0 Å². The van der Waals surface area contributed by atoms with Crippen molar-refractivity contribution in [1.29, 1.82) is 0 Å². The lowest BCUT2D eigenvalue weighted by molar-refractivity contribution is -0.126. The third-order valence-electron chi connectivity index (χ3n) is 4.59. The Labute approximate surface area is 138 Å². The molecule has 1 N–H and O–H groups in total. The van der Waals surface area contributed by atoms with Crippen LogP contribution in [0, 0.1) is 12.8 Å². The zero-order valence-electron chi connectivity index (χ0n) is 14.3. The molecule has 1 aromatic rings. The minimum atomic E-state index is 0.0880. The lowest BCUT2D eigenvalue weighted by atomic mass is 9.96. The number of rotatable bonds is 5. The zero-order chi connectivity index (χ0) is 16.8. The zero-order valence-corrected chi connectivity index (χ0v) is 14.3. The summed E-state index contributed by atoms with van der Waals surface area (Å²) in [5.74, 6) is 0.330. The minimum absolute atomic E-state index is 0.0880. The number of carbonyl (C=O) groups is 2. The maximum absolute atomic E-state index is 12.7. The number of nitrogens with one attached hydrogen (secondary N) is 1. The van der Waals surface area contributed by atoms with Gasteiger partial charge >= 0.3 is 0 Å². The molecule has 0 radical (unpaired) electrons. The molecule has 5 nitrogen and oxygen atoms in total. The number of piperidine rings is 1. The molecule has 2 rings (SSSR count). The van der Waals surface area contributed by atoms with E-state index in [9.17, 15) is 9.59 Å². The van der Waals surface area contributed by atoms with Gasteiger partial charge in [0.1, 0.15) is 0 Å². The van der Waals surface area contributed by atoms with Crippen LogP contribution in [0.15, 0.2) is 24.3 Å². The molecule has 23 heavy (non-hydrogen) atoms. The van der Waals surface area contributed by atoms with E-state index in [1.54, 1.807) is 7.05 Å². The molecule has 0 atom stereocenters. The van der Waals surface area contributed by atoms with Gasteiger partial charge in [-0.25, -0.2) is 0 Å². The fourth-order valence-electron chi connectivity index (χ4n) is 3.18. The summed E-state index contributed by atoms with van der Waals surface area (Å²) in [6.07, 6.45) is 1.65. The lowest BCUT2D eigenvalue weighted by Gasteiger charge is -2.32. The number of para-hydroxylation sites is 1. The average Bonchev–Trinajstić information content (AvgIpc) is 2.57. The second-order valence-electron chi connectivity index (χ2n) is 6.09. The first-order valence-corrected chi connectivity index (χ1v) is 8.36. The summed E-state index contributed by atoms with van der Waals surface area (Å²) in [6.45, 7) is 6.72. The van der Waals surface area contributed by atoms with Gasteiger partial charge in [0.25, 0.3) is 0 Å². The second kappa shape index (κ2) is 8.11. The number of hydrogen-bond acceptors (Lipinski definition) is 3. The summed E-state index contributed by atoms with van der Waals surface area (Å²) in [4.78, 5) is 28.3. The number of likely N-dealkylation sites (N-methyl/N-ethyl adjacent to an activating group) is 1. The van der Waals surface area contributed by atoms with E-state index in [0.717, 1.165) is 37.2 Å². The molecule has 1 aliphatic rings. The lowest BCUT2D eigenvalue weighted by Crippen LogP contribution is -2.45. The van der Waals surface area contributed by atoms with E-state index in [4.69, 9.17) is 0 Å². The molecule has 0 saturated carbocycles. The molecule has 126 valence electrons. The Morgan fingerprint density at radius 1 is 1.26 bits per heavy atom. The van der Waals surface area contributed by atoms with Gasteiger partial charge in [-0.05, 0) is 51.4 Å². The van der Waals surface area contributed by atoms with Gasteiger partial charge in [-0.1, -0.05) is 18.2 Å². The van der Waals surface area contributed by atoms with Crippen molar-refractivity contribution in [3.05, 3.63) is 29.8 Å². The van der Waals surface area contributed by atoms with Crippen molar-refractivity contribution in [2.24, 2.45) is 5.92 Å². The van der Waals surface area contributed by atoms with Gasteiger partial charge < -0.3 is 10.2 Å². The topological polar surface area (TPSA) is 52.7 Å². The molecule has 0 spiro atoms. The van der Waals surface area contributed by atoms with Crippen molar-refractivity contribution in [1.82, 2.24) is 10.2 Å². The van der Waals surface area contributed by atoms with Crippen LogP contribution < -0.4 is 10.2 Å². The van der Waals surface area contributed by atoms with Crippen molar-refractivity contribution in [2.75, 3.05) is 38.1 Å². The molecule has 1 heterocycles.